The van der Waals surface area contributed by atoms with Crippen LogP contribution in [0.15, 0.2) is 71.6 Å². The van der Waals surface area contributed by atoms with Crippen molar-refractivity contribution in [3.05, 3.63) is 99.7 Å². The van der Waals surface area contributed by atoms with Crippen molar-refractivity contribution in [2.24, 2.45) is 0 Å². The van der Waals surface area contributed by atoms with Gasteiger partial charge in [-0.1, -0.05) is 36.7 Å². The molecule has 1 N–H and O–H groups in total. The number of halogens is 4. The molecule has 0 atom stereocenters. The Morgan fingerprint density at radius 2 is 1.69 bits per heavy atom. The van der Waals surface area contributed by atoms with E-state index in [0.29, 0.717) is 17.5 Å². The Bertz CT molecular complexity index is 1630. The molecule has 0 spiro atoms. The highest BCUT2D eigenvalue weighted by atomic mass is 35.5. The van der Waals surface area contributed by atoms with Crippen LogP contribution in [0.3, 0.4) is 0 Å². The van der Waals surface area contributed by atoms with Gasteiger partial charge in [0.15, 0.2) is 9.84 Å². The van der Waals surface area contributed by atoms with Crippen LogP contribution in [-0.4, -0.2) is 24.6 Å². The molecule has 1 aromatic heterocycles. The highest BCUT2D eigenvalue weighted by Crippen LogP contribution is 2.31. The van der Waals surface area contributed by atoms with E-state index in [4.69, 9.17) is 11.6 Å². The highest BCUT2D eigenvalue weighted by molar-refractivity contribution is 7.91. The molecular formula is C29H28ClF3N2O3S. The van der Waals surface area contributed by atoms with Gasteiger partial charge in [0.2, 0.25) is 0 Å². The van der Waals surface area contributed by atoms with Gasteiger partial charge in [-0.15, -0.1) is 0 Å². The fraction of sp³-hybridized carbons (Fsp3) is 0.276. The summed E-state index contributed by atoms with van der Waals surface area (Å²) in [6, 6.07) is 17.0. The van der Waals surface area contributed by atoms with Gasteiger partial charge in [0.05, 0.1) is 16.2 Å². The quantitative estimate of drug-likeness (QED) is 0.241. The number of fused-ring (bicyclic) bond motifs is 1. The summed E-state index contributed by atoms with van der Waals surface area (Å²) in [7, 11) is -3.39. The highest BCUT2D eigenvalue weighted by Gasteiger charge is 2.30. The Morgan fingerprint density at radius 3 is 2.28 bits per heavy atom. The normalized spacial score (nSPS) is 12.3. The summed E-state index contributed by atoms with van der Waals surface area (Å²) < 4.78 is 65.1. The molecule has 1 heterocycles. The number of nitrogens with zero attached hydrogens (tertiary/aromatic N) is 1. The molecule has 4 rings (SSSR count). The fourth-order valence-corrected chi connectivity index (χ4v) is 5.73. The first kappa shape index (κ1) is 28.7. The van der Waals surface area contributed by atoms with Crippen LogP contribution in [0.2, 0.25) is 5.02 Å². The standard InChI is InChI=1S/C29H28ClF3N2O3S/c1-4-39(37,38)25-11-7-21(26(30)16-25)17-34-28(36)20-8-12-27-22(14-20)15-24(35(27)18(2)3)13-19-5-9-23(10-6-19)29(31,32)33/h5-12,14-16,18H,4,13,17H2,1-3H3,(H,34,36). The SMILES string of the molecule is CCS(=O)(=O)c1ccc(CNC(=O)c2ccc3c(c2)cc(Cc2ccc(C(F)(F)F)cc2)n3C(C)C)c(Cl)c1. The van der Waals surface area contributed by atoms with E-state index in [1.54, 1.807) is 25.1 Å². The van der Waals surface area contributed by atoms with Gasteiger partial charge in [-0.25, -0.2) is 8.42 Å². The van der Waals surface area contributed by atoms with E-state index in [1.807, 2.05) is 26.0 Å². The second kappa shape index (κ2) is 11.1. The molecule has 0 aliphatic heterocycles. The van der Waals surface area contributed by atoms with E-state index < -0.39 is 21.6 Å². The Balaban J connectivity index is 1.54. The predicted octanol–water partition coefficient (Wildman–Crippen LogP) is 7.21. The van der Waals surface area contributed by atoms with Crippen molar-refractivity contribution in [3.63, 3.8) is 0 Å². The first-order chi connectivity index (χ1) is 18.3. The van der Waals surface area contributed by atoms with Crippen LogP contribution >= 0.6 is 11.6 Å². The minimum Gasteiger partial charge on any atom is -0.348 e. The van der Waals surface area contributed by atoms with Gasteiger partial charge in [0, 0.05) is 46.2 Å². The number of hydrogen-bond acceptors (Lipinski definition) is 3. The summed E-state index contributed by atoms with van der Waals surface area (Å²) in [6.07, 6.45) is -3.94. The van der Waals surface area contributed by atoms with Crippen molar-refractivity contribution in [3.8, 4) is 0 Å². The fourth-order valence-electron chi connectivity index (χ4n) is 4.51. The van der Waals surface area contributed by atoms with Gasteiger partial charge in [0.1, 0.15) is 0 Å². The molecule has 5 nitrogen and oxygen atoms in total. The Kier molecular flexibility index (Phi) is 8.14. The molecule has 206 valence electrons. The van der Waals surface area contributed by atoms with Crippen molar-refractivity contribution in [1.29, 1.82) is 0 Å². The number of rotatable bonds is 8. The molecule has 1 amide bonds. The molecule has 0 bridgehead atoms. The van der Waals surface area contributed by atoms with Gasteiger partial charge in [0.25, 0.3) is 5.91 Å². The number of carbonyl (C=O) groups is 1. The molecule has 0 saturated heterocycles. The number of benzene rings is 3. The average Bonchev–Trinajstić information content (AvgIpc) is 3.24. The van der Waals surface area contributed by atoms with Crippen LogP contribution in [0.5, 0.6) is 0 Å². The number of hydrogen-bond donors (Lipinski definition) is 1. The monoisotopic (exact) mass is 576 g/mol. The molecule has 10 heteroatoms. The van der Waals surface area contributed by atoms with E-state index in [2.05, 4.69) is 9.88 Å². The second-order valence-electron chi connectivity index (χ2n) is 9.58. The zero-order chi connectivity index (χ0) is 28.5. The van der Waals surface area contributed by atoms with Crippen LogP contribution in [0, 0.1) is 0 Å². The predicted molar refractivity (Wildman–Crippen MR) is 147 cm³/mol. The number of alkyl halides is 3. The maximum Gasteiger partial charge on any atom is 0.416 e. The van der Waals surface area contributed by atoms with E-state index >= 15 is 0 Å². The van der Waals surface area contributed by atoms with Crippen LogP contribution in [0.25, 0.3) is 10.9 Å². The Morgan fingerprint density at radius 1 is 1.00 bits per heavy atom. The molecule has 3 aromatic carbocycles. The number of nitrogens with one attached hydrogen (secondary N) is 1. The maximum absolute atomic E-state index is 12.9. The van der Waals surface area contributed by atoms with E-state index in [-0.39, 0.29) is 34.2 Å². The zero-order valence-electron chi connectivity index (χ0n) is 21.6. The first-order valence-corrected chi connectivity index (χ1v) is 14.4. The topological polar surface area (TPSA) is 68.2 Å². The van der Waals surface area contributed by atoms with Crippen molar-refractivity contribution >= 4 is 38.2 Å². The molecule has 0 unspecified atom stereocenters. The van der Waals surface area contributed by atoms with Gasteiger partial charge in [-0.2, -0.15) is 13.2 Å². The number of sulfone groups is 1. The number of aromatic nitrogens is 1. The summed E-state index contributed by atoms with van der Waals surface area (Å²) in [6.45, 7) is 5.73. The van der Waals surface area contributed by atoms with Crippen LogP contribution in [-0.2, 0) is 29.0 Å². The lowest BCUT2D eigenvalue weighted by Crippen LogP contribution is -2.23. The molecule has 0 fully saturated rings. The smallest absolute Gasteiger partial charge is 0.348 e. The van der Waals surface area contributed by atoms with Crippen LogP contribution in [0.1, 0.15) is 59.6 Å². The van der Waals surface area contributed by atoms with E-state index in [1.165, 1.54) is 24.3 Å². The third-order valence-electron chi connectivity index (χ3n) is 6.57. The lowest BCUT2D eigenvalue weighted by atomic mass is 10.1. The Labute approximate surface area is 230 Å². The largest absolute Gasteiger partial charge is 0.416 e. The van der Waals surface area contributed by atoms with E-state index in [0.717, 1.165) is 34.3 Å². The summed E-state index contributed by atoms with van der Waals surface area (Å²) in [5.41, 5.74) is 2.93. The summed E-state index contributed by atoms with van der Waals surface area (Å²) >= 11 is 6.27. The molecule has 0 radical (unpaired) electrons. The lowest BCUT2D eigenvalue weighted by molar-refractivity contribution is -0.137. The summed E-state index contributed by atoms with van der Waals surface area (Å²) in [5, 5.41) is 3.91. The van der Waals surface area contributed by atoms with Crippen molar-refractivity contribution < 1.29 is 26.4 Å². The zero-order valence-corrected chi connectivity index (χ0v) is 23.2. The van der Waals surface area contributed by atoms with Gasteiger partial charge < -0.3 is 9.88 Å². The maximum atomic E-state index is 12.9. The molecule has 0 saturated carbocycles. The van der Waals surface area contributed by atoms with Gasteiger partial charge >= 0.3 is 6.18 Å². The van der Waals surface area contributed by atoms with Gasteiger partial charge in [-0.05, 0) is 73.5 Å². The molecule has 4 aromatic rings. The Hall–Kier alpha value is -3.30. The average molecular weight is 577 g/mol. The summed E-state index contributed by atoms with van der Waals surface area (Å²) in [5.74, 6) is -0.355. The number of carbonyl (C=O) groups excluding carboxylic acids is 1. The second-order valence-corrected chi connectivity index (χ2v) is 12.3. The minimum absolute atomic E-state index is 0.0352. The van der Waals surface area contributed by atoms with Crippen molar-refractivity contribution in [2.75, 3.05) is 5.75 Å². The van der Waals surface area contributed by atoms with Gasteiger partial charge in [-0.3, -0.25) is 4.79 Å². The van der Waals surface area contributed by atoms with E-state index in [9.17, 15) is 26.4 Å². The van der Waals surface area contributed by atoms with Crippen molar-refractivity contribution in [2.45, 2.75) is 50.9 Å². The third-order valence-corrected chi connectivity index (χ3v) is 8.65. The first-order valence-electron chi connectivity index (χ1n) is 12.4. The van der Waals surface area contributed by atoms with Crippen LogP contribution < -0.4 is 5.32 Å². The molecule has 39 heavy (non-hydrogen) atoms. The summed E-state index contributed by atoms with van der Waals surface area (Å²) in [4.78, 5) is 13.1. The molecule has 0 aliphatic rings. The minimum atomic E-state index is -4.38. The molecule has 0 aliphatic carbocycles. The third kappa shape index (κ3) is 6.31. The van der Waals surface area contributed by atoms with Crippen molar-refractivity contribution in [1.82, 2.24) is 9.88 Å². The lowest BCUT2D eigenvalue weighted by Gasteiger charge is -2.15. The van der Waals surface area contributed by atoms with Crippen LogP contribution in [0.4, 0.5) is 13.2 Å². The number of amides is 1. The molecular weight excluding hydrogens is 549 g/mol.